The molecule has 6 nitrogen and oxygen atoms in total. The summed E-state index contributed by atoms with van der Waals surface area (Å²) in [7, 11) is 0. The molecule has 0 saturated heterocycles. The van der Waals surface area contributed by atoms with E-state index >= 15 is 0 Å². The third-order valence-corrected chi connectivity index (χ3v) is 5.04. The number of hydrogen-bond donors (Lipinski definition) is 0. The minimum Gasteiger partial charge on any atom is -0.462 e. The first-order valence-electron chi connectivity index (χ1n) is 11.1. The Hall–Kier alpha value is -4.52. The van der Waals surface area contributed by atoms with Crippen LogP contribution in [0.1, 0.15) is 29.8 Å². The zero-order valence-corrected chi connectivity index (χ0v) is 20.0. The highest BCUT2D eigenvalue weighted by molar-refractivity contribution is 5.91. The van der Waals surface area contributed by atoms with Gasteiger partial charge in [-0.3, -0.25) is 0 Å². The van der Waals surface area contributed by atoms with Crippen molar-refractivity contribution in [1.82, 2.24) is 0 Å². The van der Waals surface area contributed by atoms with Gasteiger partial charge >= 0.3 is 17.9 Å². The van der Waals surface area contributed by atoms with Gasteiger partial charge in [0.2, 0.25) is 0 Å². The maximum atomic E-state index is 14.7. The number of esters is 3. The number of rotatable bonds is 9. The fourth-order valence-electron chi connectivity index (χ4n) is 3.03. The maximum absolute atomic E-state index is 14.7. The topological polar surface area (TPSA) is 78.9 Å². The molecule has 0 unspecified atom stereocenters. The minimum atomic E-state index is -0.770. The molecule has 0 spiro atoms. The number of carbonyl (C=O) groups is 3. The first kappa shape index (κ1) is 26.1. The van der Waals surface area contributed by atoms with Crippen LogP contribution in [0.3, 0.4) is 0 Å². The normalized spacial score (nSPS) is 10.3. The van der Waals surface area contributed by atoms with Crippen LogP contribution < -0.4 is 9.47 Å². The molecule has 0 aliphatic carbocycles. The van der Waals surface area contributed by atoms with Crippen molar-refractivity contribution in [2.75, 3.05) is 6.61 Å². The van der Waals surface area contributed by atoms with E-state index < -0.39 is 23.7 Å². The van der Waals surface area contributed by atoms with E-state index in [4.69, 9.17) is 14.2 Å². The van der Waals surface area contributed by atoms with Gasteiger partial charge in [-0.15, -0.1) is 0 Å². The molecule has 3 aromatic rings. The molecule has 0 aliphatic rings. The number of benzene rings is 3. The lowest BCUT2D eigenvalue weighted by molar-refractivity contribution is -0.130. The summed E-state index contributed by atoms with van der Waals surface area (Å²) in [6, 6.07) is 17.5. The van der Waals surface area contributed by atoms with Gasteiger partial charge in [0.15, 0.2) is 0 Å². The molecule has 0 atom stereocenters. The predicted octanol–water partition coefficient (Wildman–Crippen LogP) is 5.86. The van der Waals surface area contributed by atoms with E-state index in [9.17, 15) is 18.8 Å². The van der Waals surface area contributed by atoms with Crippen LogP contribution in [-0.2, 0) is 20.7 Å². The van der Waals surface area contributed by atoms with Crippen molar-refractivity contribution in [2.45, 2.75) is 20.3 Å². The van der Waals surface area contributed by atoms with Crippen molar-refractivity contribution >= 4 is 17.9 Å². The number of halogens is 1. The Bertz CT molecular complexity index is 1310. The van der Waals surface area contributed by atoms with E-state index in [0.717, 1.165) is 5.56 Å². The van der Waals surface area contributed by atoms with Gasteiger partial charge in [-0.05, 0) is 66.9 Å². The smallest absolute Gasteiger partial charge is 0.341 e. The van der Waals surface area contributed by atoms with E-state index in [1.807, 2.05) is 0 Å². The van der Waals surface area contributed by atoms with E-state index in [2.05, 4.69) is 13.2 Å². The van der Waals surface area contributed by atoms with Gasteiger partial charge in [-0.1, -0.05) is 43.5 Å². The Morgan fingerprint density at radius 1 is 0.750 bits per heavy atom. The molecule has 0 N–H and O–H groups in total. The van der Waals surface area contributed by atoms with Crippen LogP contribution in [-0.4, -0.2) is 24.5 Å². The number of ether oxygens (including phenoxy) is 3. The second-order valence-corrected chi connectivity index (χ2v) is 8.09. The number of hydrogen-bond acceptors (Lipinski definition) is 6. The molecule has 36 heavy (non-hydrogen) atoms. The van der Waals surface area contributed by atoms with Gasteiger partial charge < -0.3 is 14.2 Å². The van der Waals surface area contributed by atoms with Gasteiger partial charge in [0.25, 0.3) is 0 Å². The van der Waals surface area contributed by atoms with Crippen LogP contribution in [0.15, 0.2) is 91.0 Å². The summed E-state index contributed by atoms with van der Waals surface area (Å²) in [6.07, 6.45) is 0.405. The Labute approximate surface area is 208 Å². The summed E-state index contributed by atoms with van der Waals surface area (Å²) in [4.78, 5) is 35.5. The molecule has 7 heteroatoms. The van der Waals surface area contributed by atoms with Crippen molar-refractivity contribution in [1.29, 1.82) is 0 Å². The van der Waals surface area contributed by atoms with Crippen molar-refractivity contribution < 1.29 is 33.0 Å². The second kappa shape index (κ2) is 11.8. The average Bonchev–Trinajstić information content (AvgIpc) is 2.85. The fraction of sp³-hybridized carbons (Fsp3) is 0.138. The fourth-order valence-corrected chi connectivity index (χ4v) is 3.03. The Morgan fingerprint density at radius 2 is 1.25 bits per heavy atom. The van der Waals surface area contributed by atoms with Crippen LogP contribution in [0.25, 0.3) is 11.1 Å². The van der Waals surface area contributed by atoms with E-state index in [1.165, 1.54) is 12.1 Å². The van der Waals surface area contributed by atoms with Gasteiger partial charge in [-0.25, -0.2) is 18.8 Å². The number of carbonyl (C=O) groups excluding carboxylic acids is 3. The third-order valence-electron chi connectivity index (χ3n) is 5.04. The molecular weight excluding hydrogens is 463 g/mol. The quantitative estimate of drug-likeness (QED) is 0.213. The lowest BCUT2D eigenvalue weighted by Crippen LogP contribution is -2.10. The highest BCUT2D eigenvalue weighted by atomic mass is 19.1. The van der Waals surface area contributed by atoms with Gasteiger partial charge in [0.1, 0.15) is 17.3 Å². The minimum absolute atomic E-state index is 0.0509. The molecule has 3 aromatic carbocycles. The molecule has 0 bridgehead atoms. The lowest BCUT2D eigenvalue weighted by Gasteiger charge is -2.09. The molecule has 0 amide bonds. The largest absolute Gasteiger partial charge is 0.462 e. The van der Waals surface area contributed by atoms with Crippen LogP contribution in [0.5, 0.6) is 11.5 Å². The molecule has 0 radical (unpaired) electrons. The van der Waals surface area contributed by atoms with Crippen molar-refractivity contribution in [3.05, 3.63) is 108 Å². The zero-order valence-electron chi connectivity index (χ0n) is 20.0. The first-order chi connectivity index (χ1) is 17.1. The molecule has 0 aromatic heterocycles. The van der Waals surface area contributed by atoms with E-state index in [0.29, 0.717) is 34.6 Å². The third kappa shape index (κ3) is 6.99. The molecule has 0 aliphatic heterocycles. The molecular formula is C29H25FO6. The first-order valence-corrected chi connectivity index (χ1v) is 11.1. The molecule has 3 rings (SSSR count). The predicted molar refractivity (Wildman–Crippen MR) is 133 cm³/mol. The lowest BCUT2D eigenvalue weighted by atomic mass is 10.0. The van der Waals surface area contributed by atoms with E-state index in [1.54, 1.807) is 68.4 Å². The SMILES string of the molecule is C=C(C)C(=O)Oc1ccc(CCOC(=O)c2ccc(-c3ccc(OC(=O)C(=C)C)cc3)cc2F)cc1. The van der Waals surface area contributed by atoms with Crippen molar-refractivity contribution in [3.8, 4) is 22.6 Å². The second-order valence-electron chi connectivity index (χ2n) is 8.09. The van der Waals surface area contributed by atoms with Gasteiger partial charge in [0.05, 0.1) is 12.2 Å². The summed E-state index contributed by atoms with van der Waals surface area (Å²) in [5.41, 5.74) is 2.49. The highest BCUT2D eigenvalue weighted by Gasteiger charge is 2.15. The summed E-state index contributed by atoms with van der Waals surface area (Å²) in [5.74, 6) is -1.79. The highest BCUT2D eigenvalue weighted by Crippen LogP contribution is 2.25. The van der Waals surface area contributed by atoms with Crippen LogP contribution in [0, 0.1) is 5.82 Å². The molecule has 0 saturated carbocycles. The Morgan fingerprint density at radius 3 is 1.75 bits per heavy atom. The van der Waals surface area contributed by atoms with E-state index in [-0.39, 0.29) is 17.7 Å². The Kier molecular flexibility index (Phi) is 8.52. The van der Waals surface area contributed by atoms with Gasteiger partial charge in [0, 0.05) is 17.6 Å². The van der Waals surface area contributed by atoms with Crippen LogP contribution in [0.2, 0.25) is 0 Å². The average molecular weight is 489 g/mol. The summed E-state index contributed by atoms with van der Waals surface area (Å²) in [5, 5.41) is 0. The molecule has 0 heterocycles. The molecule has 184 valence electrons. The van der Waals surface area contributed by atoms with Crippen molar-refractivity contribution in [2.24, 2.45) is 0 Å². The van der Waals surface area contributed by atoms with Gasteiger partial charge in [-0.2, -0.15) is 0 Å². The van der Waals surface area contributed by atoms with Crippen molar-refractivity contribution in [3.63, 3.8) is 0 Å². The summed E-state index contributed by atoms with van der Waals surface area (Å²) < 4.78 is 30.2. The molecule has 0 fully saturated rings. The summed E-state index contributed by atoms with van der Waals surface area (Å²) in [6.45, 7) is 10.2. The summed E-state index contributed by atoms with van der Waals surface area (Å²) >= 11 is 0. The van der Waals surface area contributed by atoms with Crippen LogP contribution in [0.4, 0.5) is 4.39 Å². The standard InChI is InChI=1S/C29H25FO6/c1-18(2)27(31)35-23-10-5-20(6-11-23)15-16-34-29(33)25-14-9-22(17-26(25)30)21-7-12-24(13-8-21)36-28(32)19(3)4/h5-14,17H,1,3,15-16H2,2,4H3. The zero-order chi connectivity index (χ0) is 26.2. The van der Waals surface area contributed by atoms with Crippen LogP contribution >= 0.6 is 0 Å². The monoisotopic (exact) mass is 488 g/mol. The maximum Gasteiger partial charge on any atom is 0.341 e. The Balaban J connectivity index is 1.55.